The topological polar surface area (TPSA) is 36.0 Å². The molecule has 2 nitrogen and oxygen atoms in total. The fourth-order valence-corrected chi connectivity index (χ4v) is 1.50. The van der Waals surface area contributed by atoms with Crippen LogP contribution in [0.5, 0.6) is 0 Å². The largest absolute Gasteiger partial charge is 0.390 e. The van der Waals surface area contributed by atoms with Crippen LogP contribution in [0.1, 0.15) is 5.69 Å². The molecule has 0 atom stereocenters. The highest BCUT2D eigenvalue weighted by Crippen LogP contribution is 2.29. The number of hydrogen-bond acceptors (Lipinski definition) is 1. The smallest absolute Gasteiger partial charge is 0.169 e. The maximum Gasteiger partial charge on any atom is 0.169 e. The van der Waals surface area contributed by atoms with Crippen molar-refractivity contribution in [2.45, 2.75) is 6.61 Å². The van der Waals surface area contributed by atoms with Crippen LogP contribution >= 0.6 is 0 Å². The Hall–Kier alpha value is -1.82. The normalized spacial score (nSPS) is 10.9. The average molecular weight is 245 g/mol. The minimum atomic E-state index is -1.47. The van der Waals surface area contributed by atoms with Gasteiger partial charge in [-0.15, -0.1) is 0 Å². The van der Waals surface area contributed by atoms with Crippen LogP contribution in [0.4, 0.5) is 17.6 Å². The zero-order valence-corrected chi connectivity index (χ0v) is 8.40. The first kappa shape index (κ1) is 11.7. The molecule has 90 valence electrons. The van der Waals surface area contributed by atoms with Gasteiger partial charge in [-0.25, -0.2) is 17.6 Å². The minimum absolute atomic E-state index is 0.0672. The van der Waals surface area contributed by atoms with Crippen molar-refractivity contribution in [3.8, 4) is 11.1 Å². The van der Waals surface area contributed by atoms with E-state index < -0.39 is 28.8 Å². The Morgan fingerprint density at radius 3 is 2.06 bits per heavy atom. The maximum absolute atomic E-state index is 13.4. The van der Waals surface area contributed by atoms with Gasteiger partial charge < -0.3 is 10.1 Å². The number of aromatic nitrogens is 1. The number of aromatic amines is 1. The Morgan fingerprint density at radius 2 is 1.59 bits per heavy atom. The molecule has 0 saturated heterocycles. The first-order valence-corrected chi connectivity index (χ1v) is 4.66. The monoisotopic (exact) mass is 245 g/mol. The summed E-state index contributed by atoms with van der Waals surface area (Å²) in [7, 11) is 0. The van der Waals surface area contributed by atoms with Gasteiger partial charge in [0.15, 0.2) is 23.3 Å². The van der Waals surface area contributed by atoms with Gasteiger partial charge in [-0.05, 0) is 6.07 Å². The summed E-state index contributed by atoms with van der Waals surface area (Å²) in [5.74, 6) is -5.86. The van der Waals surface area contributed by atoms with E-state index in [9.17, 15) is 17.6 Å². The molecule has 1 heterocycles. The zero-order chi connectivity index (χ0) is 12.6. The zero-order valence-electron chi connectivity index (χ0n) is 8.40. The Bertz CT molecular complexity index is 539. The van der Waals surface area contributed by atoms with Gasteiger partial charge in [-0.1, -0.05) is 0 Å². The summed E-state index contributed by atoms with van der Waals surface area (Å²) in [6.07, 6.45) is 1.16. The maximum atomic E-state index is 13.4. The molecule has 0 amide bonds. The molecule has 0 spiro atoms. The summed E-state index contributed by atoms with van der Waals surface area (Å²) in [6.45, 7) is -0.374. The number of rotatable bonds is 2. The average Bonchev–Trinajstić information content (AvgIpc) is 2.75. The van der Waals surface area contributed by atoms with Crippen molar-refractivity contribution in [3.05, 3.63) is 47.3 Å². The molecule has 6 heteroatoms. The fourth-order valence-electron chi connectivity index (χ4n) is 1.50. The predicted molar refractivity (Wildman–Crippen MR) is 52.0 cm³/mol. The molecular weight excluding hydrogens is 238 g/mol. The summed E-state index contributed by atoms with van der Waals surface area (Å²) in [4.78, 5) is 2.52. The van der Waals surface area contributed by atoms with Crippen LogP contribution in [0.2, 0.25) is 0 Å². The molecule has 2 aromatic rings. The third-order valence-electron chi connectivity index (χ3n) is 2.31. The first-order valence-electron chi connectivity index (χ1n) is 4.66. The molecule has 1 aromatic carbocycles. The number of aliphatic hydroxyl groups excluding tert-OH is 1. The second-order valence-electron chi connectivity index (χ2n) is 3.41. The van der Waals surface area contributed by atoms with Crippen molar-refractivity contribution in [2.75, 3.05) is 0 Å². The van der Waals surface area contributed by atoms with E-state index in [4.69, 9.17) is 5.11 Å². The Labute approximate surface area is 93.5 Å². The number of benzene rings is 1. The van der Waals surface area contributed by atoms with Crippen molar-refractivity contribution in [1.82, 2.24) is 4.98 Å². The third kappa shape index (κ3) is 1.91. The number of aliphatic hydroxyl groups is 1. The van der Waals surface area contributed by atoms with E-state index in [-0.39, 0.29) is 23.9 Å². The molecule has 0 aliphatic heterocycles. The van der Waals surface area contributed by atoms with Crippen LogP contribution in [0.3, 0.4) is 0 Å². The van der Waals surface area contributed by atoms with Crippen LogP contribution in [0, 0.1) is 23.3 Å². The lowest BCUT2D eigenvalue weighted by molar-refractivity contribution is 0.277. The molecule has 0 bridgehead atoms. The van der Waals surface area contributed by atoms with E-state index in [1.165, 1.54) is 6.07 Å². The van der Waals surface area contributed by atoms with Gasteiger partial charge in [0.1, 0.15) is 0 Å². The summed E-state index contributed by atoms with van der Waals surface area (Å²) < 4.78 is 52.7. The van der Waals surface area contributed by atoms with Crippen molar-refractivity contribution in [1.29, 1.82) is 0 Å². The molecule has 0 aliphatic carbocycles. The SMILES string of the molecule is OCc1cc(-c2c(F)c(F)cc(F)c2F)c[nH]1. The van der Waals surface area contributed by atoms with Crippen molar-refractivity contribution in [3.63, 3.8) is 0 Å². The van der Waals surface area contributed by atoms with E-state index in [1.807, 2.05) is 0 Å². The number of halogens is 4. The molecule has 0 saturated carbocycles. The fraction of sp³-hybridized carbons (Fsp3) is 0.0909. The number of nitrogens with one attached hydrogen (secondary N) is 1. The predicted octanol–water partition coefficient (Wildman–Crippen LogP) is 2.73. The Morgan fingerprint density at radius 1 is 1.00 bits per heavy atom. The van der Waals surface area contributed by atoms with Gasteiger partial charge in [0.05, 0.1) is 12.2 Å². The van der Waals surface area contributed by atoms with E-state index in [2.05, 4.69) is 4.98 Å². The van der Waals surface area contributed by atoms with Crippen LogP contribution in [-0.4, -0.2) is 10.1 Å². The molecule has 17 heavy (non-hydrogen) atoms. The standard InChI is InChI=1S/C11H7F4NO/c12-7-2-8(13)11(15)9(10(7)14)5-1-6(4-17)16-3-5/h1-3,16-17H,4H2. The third-order valence-corrected chi connectivity index (χ3v) is 2.31. The summed E-state index contributed by atoms with van der Waals surface area (Å²) in [5, 5.41) is 8.78. The molecule has 0 fully saturated rings. The molecule has 1 aromatic heterocycles. The molecule has 2 rings (SSSR count). The lowest BCUT2D eigenvalue weighted by Crippen LogP contribution is -1.97. The number of H-pyrrole nitrogens is 1. The number of hydrogen-bond donors (Lipinski definition) is 2. The van der Waals surface area contributed by atoms with E-state index in [1.54, 1.807) is 0 Å². The Kier molecular flexibility index (Phi) is 2.89. The minimum Gasteiger partial charge on any atom is -0.390 e. The van der Waals surface area contributed by atoms with E-state index >= 15 is 0 Å². The summed E-state index contributed by atoms with van der Waals surface area (Å²) in [6, 6.07) is 1.36. The highest BCUT2D eigenvalue weighted by molar-refractivity contribution is 5.65. The van der Waals surface area contributed by atoms with Crippen LogP contribution in [-0.2, 0) is 6.61 Å². The van der Waals surface area contributed by atoms with Gasteiger partial charge in [0, 0.05) is 23.5 Å². The van der Waals surface area contributed by atoms with E-state index in [0.29, 0.717) is 0 Å². The highest BCUT2D eigenvalue weighted by Gasteiger charge is 2.21. The van der Waals surface area contributed by atoms with Gasteiger partial charge in [-0.2, -0.15) is 0 Å². The van der Waals surface area contributed by atoms with Gasteiger partial charge >= 0.3 is 0 Å². The van der Waals surface area contributed by atoms with Crippen molar-refractivity contribution >= 4 is 0 Å². The molecule has 0 unspecified atom stereocenters. The molecule has 2 N–H and O–H groups in total. The van der Waals surface area contributed by atoms with Gasteiger partial charge in [0.25, 0.3) is 0 Å². The van der Waals surface area contributed by atoms with Crippen molar-refractivity contribution in [2.24, 2.45) is 0 Å². The molecule has 0 aliphatic rings. The lowest BCUT2D eigenvalue weighted by Gasteiger charge is -2.04. The highest BCUT2D eigenvalue weighted by atomic mass is 19.2. The second-order valence-corrected chi connectivity index (χ2v) is 3.41. The van der Waals surface area contributed by atoms with Crippen molar-refractivity contribution < 1.29 is 22.7 Å². The van der Waals surface area contributed by atoms with Crippen LogP contribution in [0.25, 0.3) is 11.1 Å². The van der Waals surface area contributed by atoms with Crippen LogP contribution in [0.15, 0.2) is 18.3 Å². The lowest BCUT2D eigenvalue weighted by atomic mass is 10.1. The second kappa shape index (κ2) is 4.21. The molecular formula is C11H7F4NO. The van der Waals surface area contributed by atoms with E-state index in [0.717, 1.165) is 6.20 Å². The van der Waals surface area contributed by atoms with Gasteiger partial charge in [-0.3, -0.25) is 0 Å². The van der Waals surface area contributed by atoms with Crippen LogP contribution < -0.4 is 0 Å². The summed E-state index contributed by atoms with van der Waals surface area (Å²) >= 11 is 0. The molecule has 0 radical (unpaired) electrons. The first-order chi connectivity index (χ1) is 8.04. The summed E-state index contributed by atoms with van der Waals surface area (Å²) in [5.41, 5.74) is -0.579. The van der Waals surface area contributed by atoms with Gasteiger partial charge in [0.2, 0.25) is 0 Å². The quantitative estimate of drug-likeness (QED) is 0.619. The Balaban J connectivity index is 2.65.